The lowest BCUT2D eigenvalue weighted by Crippen LogP contribution is -2.17. The third-order valence-corrected chi connectivity index (χ3v) is 12.3. The molecule has 7 aromatic carbocycles. The van der Waals surface area contributed by atoms with Gasteiger partial charge in [-0.3, -0.25) is 9.55 Å². The second kappa shape index (κ2) is 17.9. The number of aryl methyl sites for hydroxylation is 2. The van der Waals surface area contributed by atoms with Crippen molar-refractivity contribution in [1.29, 1.82) is 0 Å². The van der Waals surface area contributed by atoms with Gasteiger partial charge < -0.3 is 5.11 Å². The average Bonchev–Trinajstić information content (AvgIpc) is 1.56. The number of phenolic OH excluding ortho intramolecular Hbond substituents is 1. The maximum atomic E-state index is 13.1. The lowest BCUT2D eigenvalue weighted by Gasteiger charge is -2.27. The van der Waals surface area contributed by atoms with Crippen molar-refractivity contribution in [1.82, 2.24) is 14.5 Å². The van der Waals surface area contributed by atoms with Gasteiger partial charge in [-0.2, -0.15) is 0 Å². The van der Waals surface area contributed by atoms with Crippen LogP contribution in [0.1, 0.15) is 146 Å². The predicted octanol–water partition coefficient (Wildman–Crippen LogP) is 17.6. The molecule has 9 aromatic rings. The minimum absolute atomic E-state index is 0.0121. The first-order valence-corrected chi connectivity index (χ1v) is 22.1. The largest absolute Gasteiger partial charge is 0.507 e. The van der Waals surface area contributed by atoms with Crippen molar-refractivity contribution in [3.05, 3.63) is 191 Å². The molecule has 0 aliphatic carbocycles. The van der Waals surface area contributed by atoms with E-state index < -0.39 is 104 Å². The smallest absolute Gasteiger partial charge is 0.149 e. The fourth-order valence-electron chi connectivity index (χ4n) is 8.59. The fourth-order valence-corrected chi connectivity index (χ4v) is 8.59. The average molecular weight is 915 g/mol. The molecule has 2 heterocycles. The van der Waals surface area contributed by atoms with E-state index >= 15 is 0 Å². The van der Waals surface area contributed by atoms with Crippen LogP contribution in [0.15, 0.2) is 158 Å². The summed E-state index contributed by atoms with van der Waals surface area (Å²) in [6.45, 7) is -19.8. The highest BCUT2D eigenvalue weighted by molar-refractivity contribution is 5.98. The normalized spacial score (nSPS) is 18.8. The molecule has 4 heteroatoms. The van der Waals surface area contributed by atoms with Gasteiger partial charge in [0.1, 0.15) is 11.6 Å². The van der Waals surface area contributed by atoms with E-state index in [9.17, 15) is 9.22 Å². The van der Waals surface area contributed by atoms with Crippen molar-refractivity contribution >= 4 is 11.0 Å². The zero-order chi connectivity index (χ0) is 67.6. The number of nitrogens with zero attached hydrogens (tertiary/aromatic N) is 3. The summed E-state index contributed by atoms with van der Waals surface area (Å²) >= 11 is 0. The molecule has 0 saturated heterocycles. The Morgan fingerprint density at radius 2 is 1.21 bits per heavy atom. The Bertz CT molecular complexity index is 4120. The van der Waals surface area contributed by atoms with E-state index in [0.29, 0.717) is 45.1 Å². The number of fused-ring (bicyclic) bond motifs is 1. The van der Waals surface area contributed by atoms with Crippen molar-refractivity contribution < 1.29 is 36.6 Å². The summed E-state index contributed by atoms with van der Waals surface area (Å²) in [5, 5.41) is 13.1. The first-order valence-electron chi connectivity index (χ1n) is 33.6. The molecule has 0 aliphatic rings. The standard InChI is InChI=1S/C64H65N3O/c1-39(2)47-30-48(40(3)4)32-50(31-47)45-25-26-58(42(6)29-45)67-59-20-16-19-54(60(59)66-62(67)55-37-53(63(7,8)9)38-56(61(55)68)64(10,11)12)51-33-49(43-17-14-13-15-18-43)34-52(35-51)57-36-46(27-28-65-57)44-23-21-41(5)22-24-44/h13-40,68H,1-12H3/i6D3,7D3,8D3,9D3,10D3,11D3,12D3,39D,40D. The minimum atomic E-state index is -4.27. The van der Waals surface area contributed by atoms with Gasteiger partial charge in [-0.1, -0.05) is 171 Å². The third kappa shape index (κ3) is 9.05. The van der Waals surface area contributed by atoms with Crippen molar-refractivity contribution in [2.24, 2.45) is 0 Å². The van der Waals surface area contributed by atoms with Gasteiger partial charge in [0.2, 0.25) is 0 Å². The predicted molar refractivity (Wildman–Crippen MR) is 288 cm³/mol. The maximum absolute atomic E-state index is 13.1. The monoisotopic (exact) mass is 915 g/mol. The van der Waals surface area contributed by atoms with Gasteiger partial charge in [0.15, 0.2) is 0 Å². The summed E-state index contributed by atoms with van der Waals surface area (Å²) in [6.07, 6.45) is 1.66. The van der Waals surface area contributed by atoms with Crippen molar-refractivity contribution in [3.63, 3.8) is 0 Å². The third-order valence-electron chi connectivity index (χ3n) is 12.3. The molecule has 2 aromatic heterocycles. The molecule has 0 radical (unpaired) electrons. The number of phenols is 1. The number of para-hydroxylation sites is 1. The summed E-state index contributed by atoms with van der Waals surface area (Å²) in [4.78, 5) is 9.87. The van der Waals surface area contributed by atoms with Crippen molar-refractivity contribution in [2.45, 2.75) is 105 Å². The Morgan fingerprint density at radius 3 is 1.90 bits per heavy atom. The van der Waals surface area contributed by atoms with E-state index in [1.54, 1.807) is 64.2 Å². The molecule has 4 nitrogen and oxygen atoms in total. The summed E-state index contributed by atoms with van der Waals surface area (Å²) in [5.74, 6) is -4.65. The highest BCUT2D eigenvalue weighted by atomic mass is 16.3. The van der Waals surface area contributed by atoms with E-state index in [-0.39, 0.29) is 33.9 Å². The number of aromatic hydroxyl groups is 1. The van der Waals surface area contributed by atoms with E-state index in [1.807, 2.05) is 91.9 Å². The van der Waals surface area contributed by atoms with Crippen LogP contribution >= 0.6 is 0 Å². The quantitative estimate of drug-likeness (QED) is 0.157. The number of aromatic nitrogens is 3. The number of imidazole rings is 1. The Kier molecular flexibility index (Phi) is 6.82. The summed E-state index contributed by atoms with van der Waals surface area (Å²) < 4.78 is 205. The number of hydrogen-bond acceptors (Lipinski definition) is 3. The molecule has 0 atom stereocenters. The number of pyridine rings is 1. The summed E-state index contributed by atoms with van der Waals surface area (Å²) in [7, 11) is 0. The number of rotatable bonds is 9. The molecule has 0 saturated carbocycles. The highest BCUT2D eigenvalue weighted by Gasteiger charge is 2.29. The lowest BCUT2D eigenvalue weighted by molar-refractivity contribution is 0.446. The van der Waals surface area contributed by atoms with Crippen LogP contribution in [-0.2, 0) is 10.8 Å². The van der Waals surface area contributed by atoms with Gasteiger partial charge in [-0.25, -0.2) is 4.98 Å². The van der Waals surface area contributed by atoms with Gasteiger partial charge in [0, 0.05) is 54.4 Å². The molecular weight excluding hydrogens is 827 g/mol. The molecule has 0 spiro atoms. The number of hydrogen-bond donors (Lipinski definition) is 1. The van der Waals surface area contributed by atoms with Gasteiger partial charge >= 0.3 is 0 Å². The molecule has 342 valence electrons. The molecule has 0 fully saturated rings. The van der Waals surface area contributed by atoms with Gasteiger partial charge in [-0.15, -0.1) is 0 Å². The van der Waals surface area contributed by atoms with Crippen LogP contribution in [0.4, 0.5) is 0 Å². The van der Waals surface area contributed by atoms with E-state index in [1.165, 1.54) is 24.3 Å². The topological polar surface area (TPSA) is 50.9 Å². The van der Waals surface area contributed by atoms with Crippen LogP contribution in [0.5, 0.6) is 5.75 Å². The summed E-state index contributed by atoms with van der Waals surface area (Å²) in [5.41, 5.74) is -5.45. The lowest BCUT2D eigenvalue weighted by atomic mass is 9.79. The zero-order valence-corrected chi connectivity index (χ0v) is 38.3. The molecule has 0 amide bonds. The van der Waals surface area contributed by atoms with E-state index in [4.69, 9.17) is 37.4 Å². The first kappa shape index (κ1) is 25.9. The second-order valence-corrected chi connectivity index (χ2v) is 17.9. The zero-order valence-electron chi connectivity index (χ0n) is 61.3. The van der Waals surface area contributed by atoms with Crippen molar-refractivity contribution in [3.8, 4) is 78.6 Å². The first-order chi connectivity index (χ1) is 41.6. The molecular formula is C64H65N3O. The minimum Gasteiger partial charge on any atom is -0.507 e. The van der Waals surface area contributed by atoms with Crippen LogP contribution in [0.3, 0.4) is 0 Å². The van der Waals surface area contributed by atoms with Crippen LogP contribution in [-0.4, -0.2) is 19.6 Å². The molecule has 68 heavy (non-hydrogen) atoms. The van der Waals surface area contributed by atoms with Crippen molar-refractivity contribution in [2.75, 3.05) is 0 Å². The summed E-state index contributed by atoms with van der Waals surface area (Å²) in [6, 6.07) is 41.3. The Labute approximate surface area is 436 Å². The van der Waals surface area contributed by atoms with Crippen LogP contribution in [0.25, 0.3) is 83.9 Å². The fraction of sp³-hybridized carbons (Fsp3) is 0.250. The van der Waals surface area contributed by atoms with Crippen LogP contribution in [0, 0.1) is 13.8 Å². The molecule has 0 unspecified atom stereocenters. The Morgan fingerprint density at radius 1 is 0.559 bits per heavy atom. The highest BCUT2D eigenvalue weighted by Crippen LogP contribution is 2.45. The molecule has 0 bridgehead atoms. The Hall–Kier alpha value is -7.04. The van der Waals surface area contributed by atoms with Gasteiger partial charge in [0.25, 0.3) is 0 Å². The maximum Gasteiger partial charge on any atom is 0.149 e. The van der Waals surface area contributed by atoms with Crippen LogP contribution < -0.4 is 0 Å². The van der Waals surface area contributed by atoms with Gasteiger partial charge in [0.05, 0.1) is 28.0 Å². The molecule has 0 aliphatic heterocycles. The van der Waals surface area contributed by atoms with Crippen LogP contribution in [0.2, 0.25) is 0 Å². The SMILES string of the molecule is [2H]C([2H])([2H])c1cc(-c2cc(C([2H])(C)C)cc(C([2H])(C)C)c2)ccc1-n1c(-c2cc(C(C([2H])([2H])[2H])(C([2H])([2H])[2H])C([2H])([2H])[2H])cc(C(C([2H])([2H])[2H])(C([2H])([2H])[2H])C([2H])([2H])[2H])c2O)nc2c(-c3cc(-c4ccccc4)cc(-c4cc(-c5ccc(C)cc5)ccn4)c3)cccc21. The van der Waals surface area contributed by atoms with E-state index in [2.05, 4.69) is 0 Å². The van der Waals surface area contributed by atoms with E-state index in [0.717, 1.165) is 26.8 Å². The second-order valence-electron chi connectivity index (χ2n) is 17.9. The van der Waals surface area contributed by atoms with Gasteiger partial charge in [-0.05, 0) is 152 Å². The Balaban J connectivity index is 1.50. The number of benzene rings is 7. The molecule has 9 rings (SSSR count). The molecule has 1 N–H and O–H groups in total.